The SMILES string of the molecule is CCNS(=O)(=O)Nc1cc(C(=O)O)ccc1OC. The summed E-state index contributed by atoms with van der Waals surface area (Å²) in [4.78, 5) is 10.8. The molecule has 1 aromatic carbocycles. The van der Waals surface area contributed by atoms with Crippen LogP contribution in [-0.4, -0.2) is 33.1 Å². The highest BCUT2D eigenvalue weighted by Gasteiger charge is 2.14. The molecule has 0 heterocycles. The zero-order valence-electron chi connectivity index (χ0n) is 9.93. The van der Waals surface area contributed by atoms with Crippen LogP contribution in [0.15, 0.2) is 18.2 Å². The van der Waals surface area contributed by atoms with Gasteiger partial charge in [-0.2, -0.15) is 13.1 Å². The second kappa shape index (κ2) is 5.69. The second-order valence-electron chi connectivity index (χ2n) is 3.32. The minimum absolute atomic E-state index is 0.0370. The number of carbonyl (C=O) groups is 1. The summed E-state index contributed by atoms with van der Waals surface area (Å²) in [6.45, 7) is 1.85. The van der Waals surface area contributed by atoms with Gasteiger partial charge in [-0.25, -0.2) is 4.79 Å². The molecule has 1 aromatic rings. The molecular weight excluding hydrogens is 260 g/mol. The fourth-order valence-electron chi connectivity index (χ4n) is 1.29. The standard InChI is InChI=1S/C10H14N2O5S/c1-3-11-18(15,16)12-8-6-7(10(13)14)4-5-9(8)17-2/h4-6,11-12H,3H2,1-2H3,(H,13,14). The molecule has 0 aromatic heterocycles. The van der Waals surface area contributed by atoms with E-state index in [1.54, 1.807) is 6.92 Å². The number of hydrogen-bond acceptors (Lipinski definition) is 4. The van der Waals surface area contributed by atoms with Crippen LogP contribution in [0.3, 0.4) is 0 Å². The van der Waals surface area contributed by atoms with Gasteiger partial charge in [0.05, 0.1) is 18.4 Å². The van der Waals surface area contributed by atoms with Gasteiger partial charge < -0.3 is 9.84 Å². The van der Waals surface area contributed by atoms with Crippen LogP contribution < -0.4 is 14.2 Å². The van der Waals surface area contributed by atoms with Crippen LogP contribution in [0.5, 0.6) is 5.75 Å². The molecule has 0 atom stereocenters. The molecule has 0 aliphatic carbocycles. The van der Waals surface area contributed by atoms with Crippen molar-refractivity contribution in [2.75, 3.05) is 18.4 Å². The predicted molar refractivity (Wildman–Crippen MR) is 66.2 cm³/mol. The van der Waals surface area contributed by atoms with Gasteiger partial charge in [0.25, 0.3) is 10.2 Å². The predicted octanol–water partition coefficient (Wildman–Crippen LogP) is 0.660. The highest BCUT2D eigenvalue weighted by Crippen LogP contribution is 2.26. The molecule has 1 rings (SSSR count). The van der Waals surface area contributed by atoms with E-state index >= 15 is 0 Å². The van der Waals surface area contributed by atoms with Gasteiger partial charge in [-0.1, -0.05) is 6.92 Å². The Bertz CT molecular complexity index is 541. The molecule has 0 bridgehead atoms. The topological polar surface area (TPSA) is 105 Å². The summed E-state index contributed by atoms with van der Waals surface area (Å²) in [5.74, 6) is -0.914. The maximum atomic E-state index is 11.5. The molecule has 0 saturated carbocycles. The molecule has 0 unspecified atom stereocenters. The van der Waals surface area contributed by atoms with Crippen molar-refractivity contribution in [1.82, 2.24) is 4.72 Å². The van der Waals surface area contributed by atoms with E-state index in [9.17, 15) is 13.2 Å². The molecule has 0 aliphatic heterocycles. The number of ether oxygens (including phenoxy) is 1. The van der Waals surface area contributed by atoms with Crippen molar-refractivity contribution < 1.29 is 23.1 Å². The highest BCUT2D eigenvalue weighted by molar-refractivity contribution is 7.90. The molecular formula is C10H14N2O5S. The van der Waals surface area contributed by atoms with E-state index in [1.165, 1.54) is 25.3 Å². The maximum Gasteiger partial charge on any atom is 0.335 e. The normalized spacial score (nSPS) is 11.0. The number of rotatable bonds is 6. The number of anilines is 1. The first-order chi connectivity index (χ1) is 8.39. The van der Waals surface area contributed by atoms with Gasteiger partial charge in [-0.3, -0.25) is 4.72 Å². The van der Waals surface area contributed by atoms with E-state index in [2.05, 4.69) is 9.44 Å². The monoisotopic (exact) mass is 274 g/mol. The molecule has 8 heteroatoms. The van der Waals surface area contributed by atoms with E-state index in [0.717, 1.165) is 0 Å². The first kappa shape index (κ1) is 14.3. The van der Waals surface area contributed by atoms with Crippen molar-refractivity contribution in [2.24, 2.45) is 0 Å². The number of carboxylic acids is 1. The first-order valence-corrected chi connectivity index (χ1v) is 6.56. The number of hydrogen-bond donors (Lipinski definition) is 3. The zero-order valence-corrected chi connectivity index (χ0v) is 10.7. The Kier molecular flexibility index (Phi) is 4.51. The van der Waals surface area contributed by atoms with Crippen molar-refractivity contribution in [3.8, 4) is 5.75 Å². The second-order valence-corrected chi connectivity index (χ2v) is 4.82. The Hall–Kier alpha value is -1.80. The molecule has 100 valence electrons. The molecule has 7 nitrogen and oxygen atoms in total. The van der Waals surface area contributed by atoms with Gasteiger partial charge in [0.1, 0.15) is 5.75 Å². The number of aromatic carboxylic acids is 1. The van der Waals surface area contributed by atoms with Gasteiger partial charge in [0.2, 0.25) is 0 Å². The van der Waals surface area contributed by atoms with Crippen molar-refractivity contribution in [3.63, 3.8) is 0 Å². The van der Waals surface area contributed by atoms with Crippen LogP contribution in [0.4, 0.5) is 5.69 Å². The smallest absolute Gasteiger partial charge is 0.335 e. The van der Waals surface area contributed by atoms with Crippen LogP contribution in [0.25, 0.3) is 0 Å². The first-order valence-electron chi connectivity index (χ1n) is 5.08. The Morgan fingerprint density at radius 2 is 2.11 bits per heavy atom. The number of methoxy groups -OCH3 is 1. The lowest BCUT2D eigenvalue weighted by atomic mass is 10.2. The summed E-state index contributed by atoms with van der Waals surface area (Å²) in [5, 5.41) is 8.84. The average molecular weight is 274 g/mol. The van der Waals surface area contributed by atoms with Crippen LogP contribution in [0.1, 0.15) is 17.3 Å². The van der Waals surface area contributed by atoms with Gasteiger partial charge in [0.15, 0.2) is 0 Å². The van der Waals surface area contributed by atoms with Gasteiger partial charge in [-0.05, 0) is 18.2 Å². The minimum atomic E-state index is -3.73. The molecule has 18 heavy (non-hydrogen) atoms. The number of nitrogens with one attached hydrogen (secondary N) is 2. The minimum Gasteiger partial charge on any atom is -0.495 e. The van der Waals surface area contributed by atoms with Crippen molar-refractivity contribution in [3.05, 3.63) is 23.8 Å². The van der Waals surface area contributed by atoms with E-state index in [0.29, 0.717) is 0 Å². The third kappa shape index (κ3) is 3.60. The summed E-state index contributed by atoms with van der Waals surface area (Å²) in [5.41, 5.74) is 0.0309. The highest BCUT2D eigenvalue weighted by atomic mass is 32.2. The Balaban J connectivity index is 3.13. The largest absolute Gasteiger partial charge is 0.495 e. The third-order valence-electron chi connectivity index (χ3n) is 2.03. The fraction of sp³-hybridized carbons (Fsp3) is 0.300. The Morgan fingerprint density at radius 3 is 2.61 bits per heavy atom. The summed E-state index contributed by atoms with van der Waals surface area (Å²) >= 11 is 0. The van der Waals surface area contributed by atoms with Gasteiger partial charge in [-0.15, -0.1) is 0 Å². The van der Waals surface area contributed by atoms with Gasteiger partial charge in [0, 0.05) is 6.54 Å². The molecule has 0 spiro atoms. The van der Waals surface area contributed by atoms with Crippen molar-refractivity contribution in [2.45, 2.75) is 6.92 Å². The lowest BCUT2D eigenvalue weighted by Crippen LogP contribution is -2.30. The van der Waals surface area contributed by atoms with Crippen molar-refractivity contribution >= 4 is 21.9 Å². The average Bonchev–Trinajstić information content (AvgIpc) is 2.28. The van der Waals surface area contributed by atoms with Crippen LogP contribution in [0.2, 0.25) is 0 Å². The lowest BCUT2D eigenvalue weighted by Gasteiger charge is -2.12. The van der Waals surface area contributed by atoms with E-state index < -0.39 is 16.2 Å². The number of carboxylic acid groups (broad SMARTS) is 1. The van der Waals surface area contributed by atoms with Crippen LogP contribution in [-0.2, 0) is 10.2 Å². The third-order valence-corrected chi connectivity index (χ3v) is 3.18. The number of benzene rings is 1. The summed E-state index contributed by atoms with van der Waals surface area (Å²) in [7, 11) is -2.37. The van der Waals surface area contributed by atoms with E-state index in [4.69, 9.17) is 9.84 Å². The summed E-state index contributed by atoms with van der Waals surface area (Å²) in [6, 6.07) is 3.90. The fourth-order valence-corrected chi connectivity index (χ4v) is 2.19. The quantitative estimate of drug-likeness (QED) is 0.706. The van der Waals surface area contributed by atoms with Crippen molar-refractivity contribution in [1.29, 1.82) is 0 Å². The Labute approximate surface area is 105 Å². The molecule has 0 aliphatic rings. The van der Waals surface area contributed by atoms with E-state index in [1.807, 2.05) is 0 Å². The molecule has 0 amide bonds. The van der Waals surface area contributed by atoms with E-state index in [-0.39, 0.29) is 23.5 Å². The summed E-state index contributed by atoms with van der Waals surface area (Å²) in [6.07, 6.45) is 0. The molecule has 0 saturated heterocycles. The maximum absolute atomic E-state index is 11.5. The van der Waals surface area contributed by atoms with Crippen LogP contribution >= 0.6 is 0 Å². The molecule has 3 N–H and O–H groups in total. The lowest BCUT2D eigenvalue weighted by molar-refractivity contribution is 0.0697. The van der Waals surface area contributed by atoms with Gasteiger partial charge >= 0.3 is 5.97 Å². The zero-order chi connectivity index (χ0) is 13.8. The summed E-state index contributed by atoms with van der Waals surface area (Å²) < 4.78 is 32.4. The molecule has 0 fully saturated rings. The van der Waals surface area contributed by atoms with Crippen LogP contribution in [0, 0.1) is 0 Å². The molecule has 0 radical (unpaired) electrons. The Morgan fingerprint density at radius 1 is 1.44 bits per heavy atom.